The third-order valence-corrected chi connectivity index (χ3v) is 4.50. The Kier molecular flexibility index (Phi) is 3.70. The van der Waals surface area contributed by atoms with Crippen molar-refractivity contribution >= 4 is 16.5 Å². The predicted octanol–water partition coefficient (Wildman–Crippen LogP) is 4.33. The van der Waals surface area contributed by atoms with Gasteiger partial charge in [0, 0.05) is 23.9 Å². The minimum atomic E-state index is -5.62. The summed E-state index contributed by atoms with van der Waals surface area (Å²) in [4.78, 5) is 5.41. The fourth-order valence-electron chi connectivity index (χ4n) is 2.25. The summed E-state index contributed by atoms with van der Waals surface area (Å²) in [5.41, 5.74) is 2.45. The van der Waals surface area contributed by atoms with E-state index in [2.05, 4.69) is 15.0 Å². The largest absolute Gasteiger partial charge is 0.487 e. The van der Waals surface area contributed by atoms with E-state index >= 15 is 0 Å². The number of hydrogen-bond acceptors (Lipinski definition) is 4. The fraction of sp³-hybridized carbons (Fsp3) is 0.357. The molecule has 9 heteroatoms. The highest BCUT2D eigenvalue weighted by Gasteiger charge is 2.58. The average Bonchev–Trinajstić information content (AvgIpc) is 3.00. The van der Waals surface area contributed by atoms with Crippen LogP contribution in [0.25, 0.3) is 11.3 Å². The quantitative estimate of drug-likeness (QED) is 0.711. The van der Waals surface area contributed by atoms with Gasteiger partial charge in [0.2, 0.25) is 0 Å². The van der Waals surface area contributed by atoms with Crippen molar-refractivity contribution in [2.45, 2.75) is 18.5 Å². The molecule has 23 heavy (non-hydrogen) atoms. The van der Waals surface area contributed by atoms with E-state index in [9.17, 15) is 22.0 Å². The van der Waals surface area contributed by atoms with Crippen molar-refractivity contribution < 1.29 is 26.7 Å². The first-order valence-electron chi connectivity index (χ1n) is 6.59. The minimum Gasteiger partial charge on any atom is -0.487 e. The number of ether oxygens (including phenoxy) is 1. The van der Waals surface area contributed by atoms with Gasteiger partial charge in [-0.3, -0.25) is 0 Å². The Bertz CT molecular complexity index is 741. The molecule has 0 atom stereocenters. The lowest BCUT2D eigenvalue weighted by molar-refractivity contribution is -0.290. The number of hydrogen-bond donors (Lipinski definition) is 1. The maximum atomic E-state index is 12.9. The zero-order valence-electron chi connectivity index (χ0n) is 11.8. The molecule has 3 nitrogen and oxygen atoms in total. The molecule has 0 fully saturated rings. The number of alkyl halides is 5. The molecule has 0 saturated heterocycles. The second-order valence-corrected chi connectivity index (χ2v) is 6.11. The van der Waals surface area contributed by atoms with Gasteiger partial charge >= 0.3 is 12.1 Å². The lowest BCUT2D eigenvalue weighted by atomic mass is 10.1. The Morgan fingerprint density at radius 1 is 1.26 bits per heavy atom. The van der Waals surface area contributed by atoms with Crippen LogP contribution < -0.4 is 10.1 Å². The summed E-state index contributed by atoms with van der Waals surface area (Å²) in [7, 11) is 1.76. The predicted molar refractivity (Wildman–Crippen MR) is 76.4 cm³/mol. The van der Waals surface area contributed by atoms with Crippen LogP contribution in [0.1, 0.15) is 10.4 Å². The molecule has 0 bridgehead atoms. The first-order valence-corrected chi connectivity index (χ1v) is 7.41. The molecule has 0 aliphatic heterocycles. The van der Waals surface area contributed by atoms with E-state index in [0.717, 1.165) is 26.8 Å². The maximum absolute atomic E-state index is 12.9. The molecule has 1 aromatic carbocycles. The van der Waals surface area contributed by atoms with Crippen molar-refractivity contribution in [2.24, 2.45) is 0 Å². The van der Waals surface area contributed by atoms with Crippen LogP contribution in [0.15, 0.2) is 18.2 Å². The first-order chi connectivity index (χ1) is 10.7. The van der Waals surface area contributed by atoms with Crippen molar-refractivity contribution in [3.05, 3.63) is 28.6 Å². The van der Waals surface area contributed by atoms with Crippen LogP contribution in [0.5, 0.6) is 5.75 Å². The van der Waals surface area contributed by atoms with Gasteiger partial charge in [0.25, 0.3) is 0 Å². The van der Waals surface area contributed by atoms with Crippen LogP contribution in [0.4, 0.5) is 27.1 Å². The molecule has 0 amide bonds. The SMILES string of the molecule is CNc1nc2c(s1)Cc1cc(OCC(F)(F)C(F)(F)F)ccc1-2. The molecule has 1 aromatic heterocycles. The lowest BCUT2D eigenvalue weighted by Gasteiger charge is -2.20. The van der Waals surface area contributed by atoms with Crippen LogP contribution in [-0.4, -0.2) is 30.7 Å². The fourth-order valence-corrected chi connectivity index (χ4v) is 3.21. The highest BCUT2D eigenvalue weighted by Crippen LogP contribution is 2.42. The van der Waals surface area contributed by atoms with Gasteiger partial charge < -0.3 is 10.1 Å². The molecule has 1 aliphatic carbocycles. The third kappa shape index (κ3) is 2.85. The first kappa shape index (κ1) is 16.0. The summed E-state index contributed by atoms with van der Waals surface area (Å²) in [5.74, 6) is -4.90. The van der Waals surface area contributed by atoms with Crippen molar-refractivity contribution in [3.63, 3.8) is 0 Å². The molecular formula is C14H11F5N2OS. The zero-order valence-corrected chi connectivity index (χ0v) is 12.6. The van der Waals surface area contributed by atoms with Gasteiger partial charge in [-0.15, -0.1) is 11.3 Å². The van der Waals surface area contributed by atoms with Crippen molar-refractivity contribution in [3.8, 4) is 17.0 Å². The van der Waals surface area contributed by atoms with E-state index in [1.165, 1.54) is 23.5 Å². The number of fused-ring (bicyclic) bond motifs is 3. The minimum absolute atomic E-state index is 0.0170. The number of rotatable bonds is 4. The monoisotopic (exact) mass is 350 g/mol. The number of anilines is 1. The summed E-state index contributed by atoms with van der Waals surface area (Å²) in [5, 5.41) is 3.71. The van der Waals surface area contributed by atoms with E-state index in [1.54, 1.807) is 13.1 Å². The standard InChI is InChI=1S/C14H11F5N2OS/c1-20-12-21-11-9-3-2-8(4-7(9)5-10(11)23-12)22-6-13(15,16)14(17,18)19/h2-4H,5-6H2,1H3,(H,20,21). The Balaban J connectivity index is 1.77. The topological polar surface area (TPSA) is 34.2 Å². The molecule has 0 spiro atoms. The second kappa shape index (κ2) is 5.33. The average molecular weight is 350 g/mol. The molecule has 0 saturated carbocycles. The third-order valence-electron chi connectivity index (χ3n) is 3.43. The number of halogens is 5. The Labute approximate surface area is 132 Å². The van der Waals surface area contributed by atoms with E-state index in [4.69, 9.17) is 0 Å². The Morgan fingerprint density at radius 3 is 2.65 bits per heavy atom. The van der Waals surface area contributed by atoms with Gasteiger partial charge in [-0.2, -0.15) is 22.0 Å². The van der Waals surface area contributed by atoms with E-state index in [1.807, 2.05) is 0 Å². The Hall–Kier alpha value is -1.90. The van der Waals surface area contributed by atoms with Crippen LogP contribution >= 0.6 is 11.3 Å². The highest BCUT2D eigenvalue weighted by molar-refractivity contribution is 7.16. The number of benzene rings is 1. The van der Waals surface area contributed by atoms with Crippen LogP contribution in [0.2, 0.25) is 0 Å². The van der Waals surface area contributed by atoms with Gasteiger partial charge in [0.05, 0.1) is 5.69 Å². The molecule has 1 heterocycles. The molecule has 3 rings (SSSR count). The van der Waals surface area contributed by atoms with Gasteiger partial charge in [-0.1, -0.05) is 0 Å². The van der Waals surface area contributed by atoms with Gasteiger partial charge in [-0.05, 0) is 23.8 Å². The summed E-state index contributed by atoms with van der Waals surface area (Å²) in [6, 6.07) is 4.48. The number of thiazole rings is 1. The number of nitrogens with zero attached hydrogens (tertiary/aromatic N) is 1. The summed E-state index contributed by atoms with van der Waals surface area (Å²) in [6.45, 7) is -1.74. The Morgan fingerprint density at radius 2 is 2.00 bits per heavy atom. The number of nitrogens with one attached hydrogen (secondary N) is 1. The second-order valence-electron chi connectivity index (χ2n) is 5.03. The van der Waals surface area contributed by atoms with Crippen molar-refractivity contribution in [1.82, 2.24) is 4.98 Å². The summed E-state index contributed by atoms with van der Waals surface area (Å²) >= 11 is 1.47. The number of aromatic nitrogens is 1. The molecule has 0 unspecified atom stereocenters. The molecule has 1 N–H and O–H groups in total. The molecule has 1 aliphatic rings. The molecular weight excluding hydrogens is 339 g/mol. The molecule has 124 valence electrons. The van der Waals surface area contributed by atoms with Crippen LogP contribution in [0, 0.1) is 0 Å². The lowest BCUT2D eigenvalue weighted by Crippen LogP contribution is -2.41. The zero-order chi connectivity index (χ0) is 16.8. The van der Waals surface area contributed by atoms with Crippen molar-refractivity contribution in [2.75, 3.05) is 19.0 Å². The smallest absolute Gasteiger partial charge is 0.456 e. The van der Waals surface area contributed by atoms with E-state index in [-0.39, 0.29) is 5.75 Å². The highest BCUT2D eigenvalue weighted by atomic mass is 32.1. The maximum Gasteiger partial charge on any atom is 0.456 e. The summed E-state index contributed by atoms with van der Waals surface area (Å²) < 4.78 is 66.8. The van der Waals surface area contributed by atoms with Gasteiger partial charge in [-0.25, -0.2) is 4.98 Å². The van der Waals surface area contributed by atoms with Gasteiger partial charge in [0.15, 0.2) is 11.7 Å². The molecule has 0 radical (unpaired) electrons. The van der Waals surface area contributed by atoms with Crippen LogP contribution in [-0.2, 0) is 6.42 Å². The van der Waals surface area contributed by atoms with Crippen molar-refractivity contribution in [1.29, 1.82) is 0 Å². The van der Waals surface area contributed by atoms with E-state index < -0.39 is 18.7 Å². The van der Waals surface area contributed by atoms with E-state index in [0.29, 0.717) is 6.42 Å². The van der Waals surface area contributed by atoms with Crippen LogP contribution in [0.3, 0.4) is 0 Å². The van der Waals surface area contributed by atoms with Gasteiger partial charge in [0.1, 0.15) is 5.75 Å². The normalized spacial score (nSPS) is 13.7. The molecule has 2 aromatic rings. The summed E-state index contributed by atoms with van der Waals surface area (Å²) in [6.07, 6.45) is -5.07.